The van der Waals surface area contributed by atoms with Gasteiger partial charge < -0.3 is 9.84 Å². The number of benzene rings is 1. The van der Waals surface area contributed by atoms with Gasteiger partial charge in [0.1, 0.15) is 0 Å². The molecule has 1 aromatic carbocycles. The third-order valence-corrected chi connectivity index (χ3v) is 3.06. The summed E-state index contributed by atoms with van der Waals surface area (Å²) in [5.41, 5.74) is 1.16. The second-order valence-electron chi connectivity index (χ2n) is 4.03. The predicted molar refractivity (Wildman–Crippen MR) is 60.1 cm³/mol. The second-order valence-corrected chi connectivity index (χ2v) is 4.46. The molecule has 15 heavy (non-hydrogen) atoms. The van der Waals surface area contributed by atoms with E-state index in [2.05, 4.69) is 0 Å². The summed E-state index contributed by atoms with van der Waals surface area (Å²) >= 11 is 5.91. The summed E-state index contributed by atoms with van der Waals surface area (Å²) in [4.78, 5) is 0. The lowest BCUT2D eigenvalue weighted by Gasteiger charge is -2.27. The van der Waals surface area contributed by atoms with Gasteiger partial charge in [-0.25, -0.2) is 0 Å². The van der Waals surface area contributed by atoms with Crippen LogP contribution in [0.3, 0.4) is 0 Å². The molecule has 2 rings (SSSR count). The molecular formula is C12H15ClO2. The first kappa shape index (κ1) is 10.9. The zero-order chi connectivity index (χ0) is 10.7. The van der Waals surface area contributed by atoms with Crippen molar-refractivity contribution in [3.63, 3.8) is 0 Å². The molecule has 1 aliphatic rings. The Morgan fingerprint density at radius 3 is 3.07 bits per heavy atom. The molecule has 0 aliphatic carbocycles. The van der Waals surface area contributed by atoms with Crippen molar-refractivity contribution in [2.45, 2.75) is 18.9 Å². The van der Waals surface area contributed by atoms with Crippen LogP contribution < -0.4 is 0 Å². The van der Waals surface area contributed by atoms with Gasteiger partial charge in [-0.05, 0) is 30.5 Å². The summed E-state index contributed by atoms with van der Waals surface area (Å²) in [5, 5.41) is 10.5. The molecule has 82 valence electrons. The Balaban J connectivity index is 2.01. The van der Waals surface area contributed by atoms with E-state index in [1.807, 2.05) is 24.3 Å². The molecule has 0 saturated carbocycles. The third kappa shape index (κ3) is 2.94. The number of rotatable bonds is 2. The van der Waals surface area contributed by atoms with E-state index in [9.17, 15) is 5.11 Å². The van der Waals surface area contributed by atoms with Crippen molar-refractivity contribution >= 4 is 11.6 Å². The first-order chi connectivity index (χ1) is 7.25. The van der Waals surface area contributed by atoms with E-state index in [0.29, 0.717) is 13.2 Å². The molecule has 0 amide bonds. The average Bonchev–Trinajstić information content (AvgIpc) is 2.22. The summed E-state index contributed by atoms with van der Waals surface area (Å²) in [7, 11) is 0. The van der Waals surface area contributed by atoms with Gasteiger partial charge in [-0.1, -0.05) is 23.7 Å². The molecule has 0 aromatic heterocycles. The van der Waals surface area contributed by atoms with Gasteiger partial charge >= 0.3 is 0 Å². The van der Waals surface area contributed by atoms with Crippen LogP contribution in [0.15, 0.2) is 24.3 Å². The maximum atomic E-state index is 9.79. The fourth-order valence-corrected chi connectivity index (χ4v) is 2.16. The summed E-state index contributed by atoms with van der Waals surface area (Å²) in [6.45, 7) is 1.32. The van der Waals surface area contributed by atoms with E-state index >= 15 is 0 Å². The molecule has 1 fully saturated rings. The fourth-order valence-electron chi connectivity index (χ4n) is 1.95. The number of halogens is 1. The molecule has 1 heterocycles. The zero-order valence-corrected chi connectivity index (χ0v) is 9.28. The molecule has 2 atom stereocenters. The van der Waals surface area contributed by atoms with E-state index in [1.54, 1.807) is 0 Å². The Hall–Kier alpha value is -0.570. The normalized spacial score (nSPS) is 26.5. The van der Waals surface area contributed by atoms with Crippen molar-refractivity contribution in [2.24, 2.45) is 5.92 Å². The smallest absolute Gasteiger partial charge is 0.0615 e. The number of aliphatic hydroxyl groups excluding tert-OH is 1. The maximum absolute atomic E-state index is 9.79. The average molecular weight is 227 g/mol. The minimum atomic E-state index is -0.238. The van der Waals surface area contributed by atoms with Crippen LogP contribution in [0.5, 0.6) is 0 Å². The highest BCUT2D eigenvalue weighted by molar-refractivity contribution is 6.30. The molecule has 3 heteroatoms. The van der Waals surface area contributed by atoms with Gasteiger partial charge in [-0.15, -0.1) is 0 Å². The number of hydrogen-bond acceptors (Lipinski definition) is 2. The molecule has 1 N–H and O–H groups in total. The molecule has 2 nitrogen and oxygen atoms in total. The Labute approximate surface area is 94.8 Å². The largest absolute Gasteiger partial charge is 0.393 e. The first-order valence-corrected chi connectivity index (χ1v) is 5.64. The van der Waals surface area contributed by atoms with E-state index in [4.69, 9.17) is 16.3 Å². The van der Waals surface area contributed by atoms with Crippen molar-refractivity contribution in [1.82, 2.24) is 0 Å². The van der Waals surface area contributed by atoms with E-state index in [-0.39, 0.29) is 12.0 Å². The molecule has 1 aromatic rings. The van der Waals surface area contributed by atoms with Crippen molar-refractivity contribution in [2.75, 3.05) is 13.2 Å². The fraction of sp³-hybridized carbons (Fsp3) is 0.500. The van der Waals surface area contributed by atoms with Crippen molar-refractivity contribution < 1.29 is 9.84 Å². The van der Waals surface area contributed by atoms with Gasteiger partial charge in [0.15, 0.2) is 0 Å². The van der Waals surface area contributed by atoms with Gasteiger partial charge in [-0.2, -0.15) is 0 Å². The van der Waals surface area contributed by atoms with Crippen LogP contribution in [0.4, 0.5) is 0 Å². The van der Waals surface area contributed by atoms with Crippen LogP contribution in [0.2, 0.25) is 5.02 Å². The number of aliphatic hydroxyl groups is 1. The van der Waals surface area contributed by atoms with Crippen LogP contribution >= 0.6 is 11.6 Å². The molecule has 1 aliphatic heterocycles. The summed E-state index contributed by atoms with van der Waals surface area (Å²) in [6.07, 6.45) is 1.34. The van der Waals surface area contributed by atoms with Crippen LogP contribution in [0.25, 0.3) is 0 Å². The highest BCUT2D eigenvalue weighted by Gasteiger charge is 2.23. The minimum absolute atomic E-state index is 0.206. The summed E-state index contributed by atoms with van der Waals surface area (Å²) in [5.74, 6) is 0.206. The summed E-state index contributed by atoms with van der Waals surface area (Å²) in [6, 6.07) is 7.78. The van der Waals surface area contributed by atoms with Gasteiger partial charge in [0.2, 0.25) is 0 Å². The van der Waals surface area contributed by atoms with E-state index < -0.39 is 0 Å². The topological polar surface area (TPSA) is 29.5 Å². The van der Waals surface area contributed by atoms with Gasteiger partial charge in [0, 0.05) is 17.5 Å². The van der Waals surface area contributed by atoms with E-state index in [1.165, 1.54) is 0 Å². The van der Waals surface area contributed by atoms with Crippen LogP contribution in [0.1, 0.15) is 12.0 Å². The Bertz CT molecular complexity index is 327. The van der Waals surface area contributed by atoms with Crippen molar-refractivity contribution in [3.05, 3.63) is 34.9 Å². The van der Waals surface area contributed by atoms with Gasteiger partial charge in [0.25, 0.3) is 0 Å². The van der Waals surface area contributed by atoms with Crippen molar-refractivity contribution in [3.8, 4) is 0 Å². The molecular weight excluding hydrogens is 212 g/mol. The van der Waals surface area contributed by atoms with Crippen molar-refractivity contribution in [1.29, 1.82) is 0 Å². The second kappa shape index (κ2) is 4.97. The lowest BCUT2D eigenvalue weighted by molar-refractivity contribution is -0.0350. The first-order valence-electron chi connectivity index (χ1n) is 5.26. The van der Waals surface area contributed by atoms with Gasteiger partial charge in [0.05, 0.1) is 12.7 Å². The highest BCUT2D eigenvalue weighted by Crippen LogP contribution is 2.21. The van der Waals surface area contributed by atoms with Crippen LogP contribution in [0, 0.1) is 5.92 Å². The standard InChI is InChI=1S/C12H15ClO2/c13-11-3-1-2-9(7-11)6-10-8-15-5-4-12(10)14/h1-3,7,10,12,14H,4-6,8H2/t10-,12+/m1/s1. The molecule has 0 radical (unpaired) electrons. The molecule has 0 unspecified atom stereocenters. The molecule has 1 saturated heterocycles. The van der Waals surface area contributed by atoms with E-state index in [0.717, 1.165) is 23.4 Å². The summed E-state index contributed by atoms with van der Waals surface area (Å²) < 4.78 is 5.36. The Kier molecular flexibility index (Phi) is 3.62. The lowest BCUT2D eigenvalue weighted by atomic mass is 9.92. The maximum Gasteiger partial charge on any atom is 0.0615 e. The Morgan fingerprint density at radius 2 is 2.33 bits per heavy atom. The monoisotopic (exact) mass is 226 g/mol. The molecule has 0 spiro atoms. The lowest BCUT2D eigenvalue weighted by Crippen LogP contribution is -2.33. The highest BCUT2D eigenvalue weighted by atomic mass is 35.5. The van der Waals surface area contributed by atoms with Gasteiger partial charge in [-0.3, -0.25) is 0 Å². The van der Waals surface area contributed by atoms with Crippen LogP contribution in [-0.4, -0.2) is 24.4 Å². The minimum Gasteiger partial charge on any atom is -0.393 e. The number of hydrogen-bond donors (Lipinski definition) is 1. The predicted octanol–water partition coefficient (Wildman–Crippen LogP) is 2.28. The SMILES string of the molecule is O[C@H]1CCOC[C@H]1Cc1cccc(Cl)c1. The number of ether oxygens (including phenoxy) is 1. The quantitative estimate of drug-likeness (QED) is 0.839. The Morgan fingerprint density at radius 1 is 1.47 bits per heavy atom. The zero-order valence-electron chi connectivity index (χ0n) is 8.53. The third-order valence-electron chi connectivity index (χ3n) is 2.82. The van der Waals surface area contributed by atoms with Crippen LogP contribution in [-0.2, 0) is 11.2 Å². The molecule has 0 bridgehead atoms.